The first-order chi connectivity index (χ1) is 13.3. The molecule has 0 aliphatic heterocycles. The molecule has 148 valence electrons. The number of fused-ring (bicyclic) bond motifs is 1. The van der Waals surface area contributed by atoms with Crippen LogP contribution < -0.4 is 0 Å². The smallest absolute Gasteiger partial charge is 0.282 e. The molecule has 0 spiro atoms. The number of benzene rings is 2. The molecule has 6 nitrogen and oxygen atoms in total. The number of hydrogen-bond donors (Lipinski definition) is 0. The third kappa shape index (κ3) is 3.79. The largest absolute Gasteiger partial charge is 0.288 e. The third-order valence-electron chi connectivity index (χ3n) is 4.11. The maximum Gasteiger partial charge on any atom is 0.282 e. The topological polar surface area (TPSA) is 78.0 Å². The number of hydrogen-bond acceptors (Lipinski definition) is 4. The van der Waals surface area contributed by atoms with Gasteiger partial charge in [-0.15, -0.1) is 0 Å². The zero-order chi connectivity index (χ0) is 21.2. The van der Waals surface area contributed by atoms with Gasteiger partial charge in [0, 0.05) is 29.3 Å². The van der Waals surface area contributed by atoms with Crippen molar-refractivity contribution in [1.29, 1.82) is 0 Å². The summed E-state index contributed by atoms with van der Waals surface area (Å²) >= 11 is 9.28. The first-order valence-electron chi connectivity index (χ1n) is 8.60. The summed E-state index contributed by atoms with van der Waals surface area (Å²) in [7, 11) is 0. The average Bonchev–Trinajstić information content (AvgIpc) is 3.01. The summed E-state index contributed by atoms with van der Waals surface area (Å²) in [6.45, 7) is 8.25. The van der Waals surface area contributed by atoms with Crippen molar-refractivity contribution in [3.8, 4) is 0 Å². The van der Waals surface area contributed by atoms with Gasteiger partial charge in [-0.3, -0.25) is 19.6 Å². The van der Waals surface area contributed by atoms with Crippen molar-refractivity contribution in [3.63, 3.8) is 0 Å². The van der Waals surface area contributed by atoms with Crippen molar-refractivity contribution in [3.05, 3.63) is 66.5 Å². The number of aromatic nitrogens is 2. The monoisotopic (exact) mass is 469 g/mol. The molecule has 0 bridgehead atoms. The number of aryl methyl sites for hydroxylation is 2. The summed E-state index contributed by atoms with van der Waals surface area (Å²) in [5.74, 6) is -1.41. The molecule has 0 aliphatic rings. The van der Waals surface area contributed by atoms with Crippen LogP contribution in [0.5, 0.6) is 0 Å². The number of rotatable bonds is 4. The molecule has 0 fully saturated rings. The lowest BCUT2D eigenvalue weighted by molar-refractivity contribution is -0.385. The summed E-state index contributed by atoms with van der Waals surface area (Å²) in [5.41, 5.74) is 0.408. The lowest BCUT2D eigenvalue weighted by atomic mass is 9.99. The molecule has 2 aromatic carbocycles. The fraction of sp³-hybridized carbons (Fsp3) is 0.263. The molecule has 1 aromatic heterocycles. The van der Waals surface area contributed by atoms with Gasteiger partial charge < -0.3 is 0 Å². The van der Waals surface area contributed by atoms with Crippen LogP contribution in [-0.4, -0.2) is 20.5 Å². The number of nitro benzene ring substituents is 1. The minimum atomic E-state index is -0.751. The Morgan fingerprint density at radius 2 is 2.00 bits per heavy atom. The van der Waals surface area contributed by atoms with Gasteiger partial charge in [-0.05, 0) is 48.0 Å². The van der Waals surface area contributed by atoms with Crippen LogP contribution in [0.3, 0.4) is 0 Å². The van der Waals surface area contributed by atoms with Crippen LogP contribution in [0.25, 0.3) is 10.9 Å². The van der Waals surface area contributed by atoms with Crippen LogP contribution in [0.2, 0.25) is 5.02 Å². The lowest BCUT2D eigenvalue weighted by Gasteiger charge is -2.08. The zero-order valence-corrected chi connectivity index (χ0v) is 18.1. The predicted octanol–water partition coefficient (Wildman–Crippen LogP) is 6.09. The van der Waals surface area contributed by atoms with E-state index >= 15 is 0 Å². The fourth-order valence-electron chi connectivity index (χ4n) is 2.81. The van der Waals surface area contributed by atoms with Gasteiger partial charge in [-0.2, -0.15) is 5.10 Å². The summed E-state index contributed by atoms with van der Waals surface area (Å²) in [4.78, 5) is 23.9. The molecule has 3 rings (SSSR count). The number of carbonyl (C=O) groups excluding carboxylic acids is 1. The normalized spacial score (nSPS) is 10.5. The molecule has 9 heteroatoms. The number of nitro groups is 1. The third-order valence-corrected chi connectivity index (χ3v) is 5.22. The van der Waals surface area contributed by atoms with Crippen molar-refractivity contribution in [1.82, 2.24) is 9.78 Å². The van der Waals surface area contributed by atoms with E-state index in [0.29, 0.717) is 17.4 Å². The number of carbonyl (C=O) groups is 1. The molecule has 3 aromatic rings. The van der Waals surface area contributed by atoms with Gasteiger partial charge in [0.25, 0.3) is 5.69 Å². The molecule has 0 unspecified atom stereocenters. The second-order valence-corrected chi connectivity index (χ2v) is 6.79. The summed E-state index contributed by atoms with van der Waals surface area (Å²) in [6.07, 6.45) is 0. The van der Waals surface area contributed by atoms with E-state index in [1.165, 1.54) is 12.1 Å². The Balaban J connectivity index is 0.00000136. The summed E-state index contributed by atoms with van der Waals surface area (Å²) in [6, 6.07) is 4.62. The van der Waals surface area contributed by atoms with Crippen molar-refractivity contribution in [2.24, 2.45) is 0 Å². The van der Waals surface area contributed by atoms with Crippen molar-refractivity contribution in [2.75, 3.05) is 0 Å². The highest BCUT2D eigenvalue weighted by Crippen LogP contribution is 2.38. The molecule has 28 heavy (non-hydrogen) atoms. The highest BCUT2D eigenvalue weighted by molar-refractivity contribution is 9.10. The van der Waals surface area contributed by atoms with Gasteiger partial charge in [-0.25, -0.2) is 4.39 Å². The van der Waals surface area contributed by atoms with E-state index in [1.807, 2.05) is 20.8 Å². The quantitative estimate of drug-likeness (QED) is 0.263. The van der Waals surface area contributed by atoms with Gasteiger partial charge in [0.1, 0.15) is 16.9 Å². The van der Waals surface area contributed by atoms with Gasteiger partial charge in [-0.1, -0.05) is 25.4 Å². The molecule has 0 aliphatic carbocycles. The average molecular weight is 471 g/mol. The van der Waals surface area contributed by atoms with Gasteiger partial charge in [0.15, 0.2) is 0 Å². The van der Waals surface area contributed by atoms with Crippen molar-refractivity contribution in [2.45, 2.75) is 34.2 Å². The summed E-state index contributed by atoms with van der Waals surface area (Å²) in [5, 5.41) is 16.6. The second kappa shape index (κ2) is 8.79. The minimum absolute atomic E-state index is 0.00737. The van der Waals surface area contributed by atoms with Crippen LogP contribution in [0, 0.1) is 22.9 Å². The van der Waals surface area contributed by atoms with Crippen LogP contribution in [-0.2, 0) is 6.54 Å². The van der Waals surface area contributed by atoms with Crippen LogP contribution in [0.1, 0.15) is 42.4 Å². The van der Waals surface area contributed by atoms with E-state index in [0.717, 1.165) is 17.8 Å². The molecular formula is C19H18BrClFN3O3. The van der Waals surface area contributed by atoms with Crippen LogP contribution in [0.15, 0.2) is 28.7 Å². The maximum absolute atomic E-state index is 13.6. The van der Waals surface area contributed by atoms with Crippen LogP contribution >= 0.6 is 27.5 Å². The Morgan fingerprint density at radius 3 is 2.57 bits per heavy atom. The molecule has 0 saturated carbocycles. The number of halogens is 3. The Labute approximate surface area is 174 Å². The van der Waals surface area contributed by atoms with E-state index in [9.17, 15) is 19.3 Å². The molecule has 0 atom stereocenters. The van der Waals surface area contributed by atoms with E-state index in [2.05, 4.69) is 21.0 Å². The Bertz CT molecular complexity index is 1080. The fourth-order valence-corrected chi connectivity index (χ4v) is 3.69. The lowest BCUT2D eigenvalue weighted by Crippen LogP contribution is -2.08. The molecule has 0 N–H and O–H groups in total. The van der Waals surface area contributed by atoms with Crippen molar-refractivity contribution < 1.29 is 14.1 Å². The molecule has 0 saturated heterocycles. The van der Waals surface area contributed by atoms with Gasteiger partial charge in [0.05, 0.1) is 14.4 Å². The summed E-state index contributed by atoms with van der Waals surface area (Å²) < 4.78 is 15.4. The zero-order valence-electron chi connectivity index (χ0n) is 15.7. The standard InChI is InChI=1S/C17H12BrClFN3O3.C2H6/c1-3-22-8(2)10-7-13(23(25)26)14(15(18)16(10)21-22)17(24)11-6-9(20)4-5-12(11)19;1-2/h4-7H,3H2,1-2H3;1-2H3. The molecule has 0 amide bonds. The van der Waals surface area contributed by atoms with E-state index in [4.69, 9.17) is 11.6 Å². The SMILES string of the molecule is CC.CCn1nc2c(Br)c(C(=O)c3cc(F)ccc3Cl)c([N+](=O)[O-])cc2c1C. The highest BCUT2D eigenvalue weighted by Gasteiger charge is 2.30. The first-order valence-corrected chi connectivity index (χ1v) is 9.77. The first kappa shape index (κ1) is 22.0. The van der Waals surface area contributed by atoms with E-state index in [1.54, 1.807) is 11.6 Å². The minimum Gasteiger partial charge on any atom is -0.288 e. The molecule has 0 radical (unpaired) electrons. The molecular weight excluding hydrogens is 453 g/mol. The van der Waals surface area contributed by atoms with Gasteiger partial charge in [0.2, 0.25) is 5.78 Å². The number of ketones is 1. The number of nitrogens with zero attached hydrogens (tertiary/aromatic N) is 3. The second-order valence-electron chi connectivity index (χ2n) is 5.59. The van der Waals surface area contributed by atoms with E-state index < -0.39 is 22.2 Å². The Kier molecular flexibility index (Phi) is 6.90. The predicted molar refractivity (Wildman–Crippen MR) is 111 cm³/mol. The highest BCUT2D eigenvalue weighted by atomic mass is 79.9. The maximum atomic E-state index is 13.6. The van der Waals surface area contributed by atoms with Gasteiger partial charge >= 0.3 is 0 Å². The van der Waals surface area contributed by atoms with Crippen molar-refractivity contribution >= 4 is 49.9 Å². The van der Waals surface area contributed by atoms with Crippen LogP contribution in [0.4, 0.5) is 10.1 Å². The Hall–Kier alpha value is -2.32. The Morgan fingerprint density at radius 1 is 1.36 bits per heavy atom. The van der Waals surface area contributed by atoms with E-state index in [-0.39, 0.29) is 20.6 Å². The molecule has 1 heterocycles.